The van der Waals surface area contributed by atoms with Gasteiger partial charge in [0.15, 0.2) is 0 Å². The number of aromatic nitrogens is 6. The molecule has 4 heterocycles. The first kappa shape index (κ1) is 17.4. The first-order valence-corrected chi connectivity index (χ1v) is 8.42. The number of anilines is 2. The van der Waals surface area contributed by atoms with Crippen molar-refractivity contribution in [1.29, 1.82) is 0 Å². The molecule has 0 saturated carbocycles. The molecule has 3 aromatic rings. The van der Waals surface area contributed by atoms with Crippen molar-refractivity contribution in [3.05, 3.63) is 35.7 Å². The summed E-state index contributed by atoms with van der Waals surface area (Å²) in [6.45, 7) is 6.15. The standard InChI is InChI=1S/C16H17F3N8/c1-10-9-13(27-15(21-10)23-14(24-27)16(17,18)19)26-7-5-25(6-8-26)12-3-4-20-11(2)22-12/h3-4,9H,5-8H2,1-2H3. The average Bonchev–Trinajstić information content (AvgIpc) is 3.05. The topological polar surface area (TPSA) is 75.3 Å². The number of nitrogens with zero attached hydrogens (tertiary/aromatic N) is 8. The highest BCUT2D eigenvalue weighted by Crippen LogP contribution is 2.28. The van der Waals surface area contributed by atoms with E-state index < -0.39 is 12.0 Å². The molecule has 0 atom stereocenters. The van der Waals surface area contributed by atoms with Gasteiger partial charge >= 0.3 is 6.18 Å². The Morgan fingerprint density at radius 3 is 2.33 bits per heavy atom. The van der Waals surface area contributed by atoms with Crippen molar-refractivity contribution in [3.63, 3.8) is 0 Å². The molecule has 142 valence electrons. The van der Waals surface area contributed by atoms with E-state index in [9.17, 15) is 13.2 Å². The van der Waals surface area contributed by atoms with E-state index in [1.54, 1.807) is 19.2 Å². The molecule has 0 aromatic carbocycles. The zero-order valence-electron chi connectivity index (χ0n) is 14.8. The zero-order valence-corrected chi connectivity index (χ0v) is 14.8. The van der Waals surface area contributed by atoms with E-state index in [4.69, 9.17) is 0 Å². The number of halogens is 3. The van der Waals surface area contributed by atoms with E-state index in [0.29, 0.717) is 43.5 Å². The quantitative estimate of drug-likeness (QED) is 0.674. The van der Waals surface area contributed by atoms with Gasteiger partial charge < -0.3 is 9.80 Å². The van der Waals surface area contributed by atoms with Crippen LogP contribution in [0.3, 0.4) is 0 Å². The summed E-state index contributed by atoms with van der Waals surface area (Å²) >= 11 is 0. The van der Waals surface area contributed by atoms with Crippen LogP contribution in [0.15, 0.2) is 18.3 Å². The molecule has 0 aliphatic carbocycles. The molecule has 0 radical (unpaired) electrons. The van der Waals surface area contributed by atoms with Crippen LogP contribution in [0.4, 0.5) is 24.8 Å². The monoisotopic (exact) mass is 378 g/mol. The van der Waals surface area contributed by atoms with Crippen LogP contribution >= 0.6 is 0 Å². The van der Waals surface area contributed by atoms with Crippen molar-refractivity contribution in [2.45, 2.75) is 20.0 Å². The van der Waals surface area contributed by atoms with Gasteiger partial charge in [-0.1, -0.05) is 0 Å². The fraction of sp³-hybridized carbons (Fsp3) is 0.438. The van der Waals surface area contributed by atoms with Crippen molar-refractivity contribution in [1.82, 2.24) is 29.5 Å². The predicted octanol–water partition coefficient (Wildman–Crippen LogP) is 1.88. The van der Waals surface area contributed by atoms with Crippen LogP contribution in [0.5, 0.6) is 0 Å². The SMILES string of the molecule is Cc1cc(N2CCN(c3ccnc(C)n3)CC2)n2nc(C(F)(F)F)nc2n1. The molecule has 0 N–H and O–H groups in total. The molecule has 3 aromatic heterocycles. The van der Waals surface area contributed by atoms with E-state index in [1.165, 1.54) is 4.52 Å². The van der Waals surface area contributed by atoms with Gasteiger partial charge in [-0.25, -0.2) is 15.0 Å². The van der Waals surface area contributed by atoms with Gasteiger partial charge in [-0.3, -0.25) is 0 Å². The molecule has 0 amide bonds. The van der Waals surface area contributed by atoms with Crippen LogP contribution in [-0.2, 0) is 6.18 Å². The maximum atomic E-state index is 13.0. The maximum Gasteiger partial charge on any atom is 0.453 e. The molecular formula is C16H17F3N8. The van der Waals surface area contributed by atoms with Crippen molar-refractivity contribution >= 4 is 17.4 Å². The van der Waals surface area contributed by atoms with Gasteiger partial charge in [0.1, 0.15) is 17.5 Å². The molecule has 11 heteroatoms. The molecule has 4 rings (SSSR count). The number of aryl methyl sites for hydroxylation is 2. The van der Waals surface area contributed by atoms with Crippen molar-refractivity contribution in [3.8, 4) is 0 Å². The predicted molar refractivity (Wildman–Crippen MR) is 91.7 cm³/mol. The second-order valence-corrected chi connectivity index (χ2v) is 6.34. The number of alkyl halides is 3. The Kier molecular flexibility index (Phi) is 4.08. The van der Waals surface area contributed by atoms with Crippen LogP contribution in [0.1, 0.15) is 17.3 Å². The van der Waals surface area contributed by atoms with Gasteiger partial charge in [0.2, 0.25) is 0 Å². The Morgan fingerprint density at radius 1 is 0.963 bits per heavy atom. The molecule has 0 spiro atoms. The third-order valence-electron chi connectivity index (χ3n) is 4.36. The molecule has 1 fully saturated rings. The Labute approximate surface area is 152 Å². The van der Waals surface area contributed by atoms with E-state index in [0.717, 1.165) is 5.82 Å². The van der Waals surface area contributed by atoms with Gasteiger partial charge in [-0.05, 0) is 19.9 Å². The normalized spacial score (nSPS) is 15.6. The molecule has 1 aliphatic heterocycles. The molecular weight excluding hydrogens is 361 g/mol. The van der Waals surface area contributed by atoms with Crippen molar-refractivity contribution in [2.75, 3.05) is 36.0 Å². The van der Waals surface area contributed by atoms with Crippen molar-refractivity contribution < 1.29 is 13.2 Å². The number of fused-ring (bicyclic) bond motifs is 1. The third kappa shape index (κ3) is 3.36. The number of rotatable bonds is 2. The summed E-state index contributed by atoms with van der Waals surface area (Å²) in [6.07, 6.45) is -2.89. The lowest BCUT2D eigenvalue weighted by Crippen LogP contribution is -2.47. The lowest BCUT2D eigenvalue weighted by atomic mass is 10.3. The third-order valence-corrected chi connectivity index (χ3v) is 4.36. The summed E-state index contributed by atoms with van der Waals surface area (Å²) in [7, 11) is 0. The summed E-state index contributed by atoms with van der Waals surface area (Å²) in [6, 6.07) is 3.58. The van der Waals surface area contributed by atoms with Crippen LogP contribution < -0.4 is 9.80 Å². The average molecular weight is 378 g/mol. The number of hydrogen-bond donors (Lipinski definition) is 0. The summed E-state index contributed by atoms with van der Waals surface area (Å²) in [5.41, 5.74) is 0.590. The van der Waals surface area contributed by atoms with Gasteiger partial charge in [0, 0.05) is 44.1 Å². The van der Waals surface area contributed by atoms with Gasteiger partial charge in [-0.15, -0.1) is 5.10 Å². The van der Waals surface area contributed by atoms with Gasteiger partial charge in [-0.2, -0.15) is 22.7 Å². The Morgan fingerprint density at radius 2 is 1.67 bits per heavy atom. The fourth-order valence-corrected chi connectivity index (χ4v) is 3.10. The maximum absolute atomic E-state index is 13.0. The van der Waals surface area contributed by atoms with E-state index in [2.05, 4.69) is 29.9 Å². The highest BCUT2D eigenvalue weighted by Gasteiger charge is 2.37. The van der Waals surface area contributed by atoms with E-state index in [1.807, 2.05) is 17.9 Å². The summed E-state index contributed by atoms with van der Waals surface area (Å²) < 4.78 is 40.1. The zero-order chi connectivity index (χ0) is 19.2. The molecule has 27 heavy (non-hydrogen) atoms. The highest BCUT2D eigenvalue weighted by molar-refractivity contribution is 5.50. The minimum atomic E-state index is -4.61. The van der Waals surface area contributed by atoms with Crippen LogP contribution in [0.2, 0.25) is 0 Å². The lowest BCUT2D eigenvalue weighted by molar-refractivity contribution is -0.144. The van der Waals surface area contributed by atoms with E-state index >= 15 is 0 Å². The first-order valence-electron chi connectivity index (χ1n) is 8.42. The molecule has 8 nitrogen and oxygen atoms in total. The molecule has 0 bridgehead atoms. The minimum Gasteiger partial charge on any atom is -0.353 e. The van der Waals surface area contributed by atoms with E-state index in [-0.39, 0.29) is 5.78 Å². The number of hydrogen-bond acceptors (Lipinski definition) is 7. The lowest BCUT2D eigenvalue weighted by Gasteiger charge is -2.36. The molecule has 1 saturated heterocycles. The Balaban J connectivity index is 1.61. The van der Waals surface area contributed by atoms with Crippen LogP contribution in [-0.4, -0.2) is 55.7 Å². The molecule has 0 unspecified atom stereocenters. The smallest absolute Gasteiger partial charge is 0.353 e. The van der Waals surface area contributed by atoms with Crippen LogP contribution in [0, 0.1) is 13.8 Å². The summed E-state index contributed by atoms with van der Waals surface area (Å²) in [5, 5.41) is 3.63. The second kappa shape index (κ2) is 6.32. The second-order valence-electron chi connectivity index (χ2n) is 6.34. The Hall–Kier alpha value is -2.98. The van der Waals surface area contributed by atoms with Gasteiger partial charge in [0.05, 0.1) is 0 Å². The summed E-state index contributed by atoms with van der Waals surface area (Å²) in [4.78, 5) is 20.2. The molecule has 1 aliphatic rings. The summed E-state index contributed by atoms with van der Waals surface area (Å²) in [5.74, 6) is 0.865. The Bertz CT molecular complexity index is 975. The van der Waals surface area contributed by atoms with Crippen molar-refractivity contribution in [2.24, 2.45) is 0 Å². The largest absolute Gasteiger partial charge is 0.453 e. The number of piperazine rings is 1. The highest BCUT2D eigenvalue weighted by atomic mass is 19.4. The fourth-order valence-electron chi connectivity index (χ4n) is 3.10. The minimum absolute atomic E-state index is 0.0498. The first-order chi connectivity index (χ1) is 12.8. The van der Waals surface area contributed by atoms with Crippen LogP contribution in [0.25, 0.3) is 5.78 Å². The van der Waals surface area contributed by atoms with Gasteiger partial charge in [0.25, 0.3) is 11.6 Å².